The van der Waals surface area contributed by atoms with Gasteiger partial charge in [-0.05, 0) is 30.3 Å². The number of anilines is 1. The predicted octanol–water partition coefficient (Wildman–Crippen LogP) is 2.65. The van der Waals surface area contributed by atoms with Crippen LogP contribution in [0.25, 0.3) is 11.7 Å². The SMILES string of the molecule is N#Cc1nc(-c2ccco2)oc1N1CCN(C(=O)CNC(=O)c2cccc(Br)c2)CC1. The minimum absolute atomic E-state index is 0.0836. The van der Waals surface area contributed by atoms with Crippen LogP contribution in [0.5, 0.6) is 0 Å². The smallest absolute Gasteiger partial charge is 0.266 e. The van der Waals surface area contributed by atoms with Crippen molar-refractivity contribution in [2.24, 2.45) is 0 Å². The molecule has 31 heavy (non-hydrogen) atoms. The molecule has 1 N–H and O–H groups in total. The number of carbonyl (C=O) groups excluding carboxylic acids is 2. The van der Waals surface area contributed by atoms with Crippen molar-refractivity contribution in [2.45, 2.75) is 0 Å². The van der Waals surface area contributed by atoms with Gasteiger partial charge in [0, 0.05) is 36.2 Å². The Morgan fingerprint density at radius 2 is 2.00 bits per heavy atom. The summed E-state index contributed by atoms with van der Waals surface area (Å²) in [5.74, 6) is 0.573. The van der Waals surface area contributed by atoms with Gasteiger partial charge in [-0.25, -0.2) is 0 Å². The molecule has 1 aromatic carbocycles. The molecule has 1 saturated heterocycles. The van der Waals surface area contributed by atoms with Gasteiger partial charge in [-0.1, -0.05) is 22.0 Å². The zero-order valence-electron chi connectivity index (χ0n) is 16.4. The van der Waals surface area contributed by atoms with Crippen molar-refractivity contribution in [1.82, 2.24) is 15.2 Å². The number of amides is 2. The second-order valence-corrected chi connectivity index (χ2v) is 7.74. The van der Waals surface area contributed by atoms with Gasteiger partial charge in [0.15, 0.2) is 5.76 Å². The molecule has 1 aliphatic rings. The van der Waals surface area contributed by atoms with Crippen molar-refractivity contribution in [3.8, 4) is 17.7 Å². The first-order valence-electron chi connectivity index (χ1n) is 9.56. The summed E-state index contributed by atoms with van der Waals surface area (Å²) in [7, 11) is 0. The van der Waals surface area contributed by atoms with Gasteiger partial charge >= 0.3 is 0 Å². The van der Waals surface area contributed by atoms with E-state index in [9.17, 15) is 14.9 Å². The highest BCUT2D eigenvalue weighted by atomic mass is 79.9. The van der Waals surface area contributed by atoms with Gasteiger partial charge in [0.1, 0.15) is 6.07 Å². The van der Waals surface area contributed by atoms with E-state index in [1.54, 1.807) is 35.2 Å². The van der Waals surface area contributed by atoms with Crippen molar-refractivity contribution < 1.29 is 18.4 Å². The van der Waals surface area contributed by atoms with Crippen LogP contribution in [0.4, 0.5) is 5.88 Å². The van der Waals surface area contributed by atoms with E-state index in [4.69, 9.17) is 8.83 Å². The summed E-state index contributed by atoms with van der Waals surface area (Å²) < 4.78 is 11.8. The average molecular weight is 484 g/mol. The van der Waals surface area contributed by atoms with Gasteiger partial charge in [0.2, 0.25) is 17.5 Å². The summed E-state index contributed by atoms with van der Waals surface area (Å²) in [6, 6.07) is 12.4. The molecular formula is C21H18BrN5O4. The summed E-state index contributed by atoms with van der Waals surface area (Å²) in [6.45, 7) is 1.75. The minimum atomic E-state index is -0.306. The Hall–Kier alpha value is -3.58. The van der Waals surface area contributed by atoms with Crippen LogP contribution in [0.15, 0.2) is 56.0 Å². The fraction of sp³-hybridized carbons (Fsp3) is 0.238. The van der Waals surface area contributed by atoms with E-state index < -0.39 is 0 Å². The molecule has 3 aromatic rings. The van der Waals surface area contributed by atoms with Crippen LogP contribution in [0.1, 0.15) is 16.1 Å². The highest BCUT2D eigenvalue weighted by Crippen LogP contribution is 2.29. The molecule has 0 bridgehead atoms. The van der Waals surface area contributed by atoms with Gasteiger partial charge in [-0.3, -0.25) is 9.59 Å². The topological polar surface area (TPSA) is 116 Å². The first-order valence-corrected chi connectivity index (χ1v) is 10.4. The second kappa shape index (κ2) is 9.06. The van der Waals surface area contributed by atoms with E-state index in [1.165, 1.54) is 6.26 Å². The summed E-state index contributed by atoms with van der Waals surface area (Å²) >= 11 is 3.32. The number of hydrogen-bond donors (Lipinski definition) is 1. The number of nitriles is 1. The first-order chi connectivity index (χ1) is 15.0. The van der Waals surface area contributed by atoms with Crippen molar-refractivity contribution >= 4 is 33.6 Å². The van der Waals surface area contributed by atoms with E-state index in [2.05, 4.69) is 26.2 Å². The normalized spacial score (nSPS) is 13.7. The lowest BCUT2D eigenvalue weighted by Crippen LogP contribution is -2.51. The number of nitrogens with zero attached hydrogens (tertiary/aromatic N) is 4. The number of halogens is 1. The molecule has 1 aliphatic heterocycles. The molecular weight excluding hydrogens is 466 g/mol. The number of piperazine rings is 1. The highest BCUT2D eigenvalue weighted by Gasteiger charge is 2.27. The van der Waals surface area contributed by atoms with Crippen LogP contribution in [-0.2, 0) is 4.79 Å². The third-order valence-electron chi connectivity index (χ3n) is 4.85. The van der Waals surface area contributed by atoms with Crippen molar-refractivity contribution in [3.63, 3.8) is 0 Å². The quantitative estimate of drug-likeness (QED) is 0.592. The molecule has 0 unspecified atom stereocenters. The van der Waals surface area contributed by atoms with Crippen LogP contribution in [0.3, 0.4) is 0 Å². The van der Waals surface area contributed by atoms with E-state index >= 15 is 0 Å². The largest absolute Gasteiger partial charge is 0.459 e. The van der Waals surface area contributed by atoms with E-state index in [-0.39, 0.29) is 29.9 Å². The standard InChI is InChI=1S/C21H18BrN5O4/c22-15-4-1-3-14(11-15)19(29)24-13-18(28)26-6-8-27(9-7-26)21-16(12-23)25-20(31-21)17-5-2-10-30-17/h1-5,10-11H,6-9,13H2,(H,24,29). The molecule has 9 nitrogen and oxygen atoms in total. The summed E-state index contributed by atoms with van der Waals surface area (Å²) in [5.41, 5.74) is 0.654. The summed E-state index contributed by atoms with van der Waals surface area (Å²) in [5, 5.41) is 12.1. The first kappa shape index (κ1) is 20.7. The molecule has 4 rings (SSSR count). The molecule has 0 radical (unpaired) electrons. The molecule has 0 saturated carbocycles. The van der Waals surface area contributed by atoms with Gasteiger partial charge in [0.25, 0.3) is 11.8 Å². The van der Waals surface area contributed by atoms with Crippen LogP contribution >= 0.6 is 15.9 Å². The van der Waals surface area contributed by atoms with E-state index in [0.717, 1.165) is 4.47 Å². The third kappa shape index (κ3) is 4.62. The molecule has 3 heterocycles. The minimum Gasteiger partial charge on any atom is -0.459 e. The van der Waals surface area contributed by atoms with Crippen molar-refractivity contribution in [1.29, 1.82) is 5.26 Å². The van der Waals surface area contributed by atoms with Crippen LogP contribution < -0.4 is 10.2 Å². The Morgan fingerprint density at radius 1 is 1.19 bits per heavy atom. The molecule has 0 aliphatic carbocycles. The molecule has 158 valence electrons. The number of hydrogen-bond acceptors (Lipinski definition) is 7. The number of rotatable bonds is 5. The number of furan rings is 1. The van der Waals surface area contributed by atoms with Gasteiger partial charge in [-0.2, -0.15) is 10.2 Å². The van der Waals surface area contributed by atoms with Crippen molar-refractivity contribution in [2.75, 3.05) is 37.6 Å². The van der Waals surface area contributed by atoms with Gasteiger partial charge in [0.05, 0.1) is 12.8 Å². The highest BCUT2D eigenvalue weighted by molar-refractivity contribution is 9.10. The molecule has 2 aromatic heterocycles. The number of oxazole rings is 1. The lowest BCUT2D eigenvalue weighted by Gasteiger charge is -2.34. The monoisotopic (exact) mass is 483 g/mol. The van der Waals surface area contributed by atoms with Crippen LogP contribution in [0, 0.1) is 11.3 Å². The maximum absolute atomic E-state index is 12.5. The Balaban J connectivity index is 1.33. The summed E-state index contributed by atoms with van der Waals surface area (Å²) in [4.78, 5) is 32.5. The number of benzene rings is 1. The fourth-order valence-electron chi connectivity index (χ4n) is 3.26. The molecule has 0 spiro atoms. The van der Waals surface area contributed by atoms with E-state index in [1.807, 2.05) is 17.0 Å². The fourth-order valence-corrected chi connectivity index (χ4v) is 3.66. The Morgan fingerprint density at radius 3 is 2.68 bits per heavy atom. The number of aromatic nitrogens is 1. The molecule has 0 atom stereocenters. The Kier molecular flexibility index (Phi) is 6.04. The Labute approximate surface area is 186 Å². The van der Waals surface area contributed by atoms with Crippen molar-refractivity contribution in [3.05, 3.63) is 58.4 Å². The third-order valence-corrected chi connectivity index (χ3v) is 5.35. The lowest BCUT2D eigenvalue weighted by molar-refractivity contribution is -0.130. The molecule has 1 fully saturated rings. The maximum atomic E-state index is 12.5. The van der Waals surface area contributed by atoms with Crippen LogP contribution in [-0.4, -0.2) is 54.4 Å². The van der Waals surface area contributed by atoms with E-state index in [0.29, 0.717) is 43.4 Å². The second-order valence-electron chi connectivity index (χ2n) is 6.82. The Bertz CT molecular complexity index is 1130. The molecule has 10 heteroatoms. The summed E-state index contributed by atoms with van der Waals surface area (Å²) in [6.07, 6.45) is 1.51. The van der Waals surface area contributed by atoms with Crippen LogP contribution in [0.2, 0.25) is 0 Å². The van der Waals surface area contributed by atoms with Gasteiger partial charge in [-0.15, -0.1) is 0 Å². The molecule has 2 amide bonds. The maximum Gasteiger partial charge on any atom is 0.266 e. The van der Waals surface area contributed by atoms with Gasteiger partial charge < -0.3 is 24.0 Å². The lowest BCUT2D eigenvalue weighted by atomic mass is 10.2. The zero-order valence-corrected chi connectivity index (χ0v) is 18.0. The predicted molar refractivity (Wildman–Crippen MR) is 114 cm³/mol. The number of carbonyl (C=O) groups is 2. The zero-order chi connectivity index (χ0) is 21.8. The average Bonchev–Trinajstić information content (AvgIpc) is 3.47. The number of nitrogens with one attached hydrogen (secondary N) is 1.